The minimum atomic E-state index is -4.95. The highest BCUT2D eigenvalue weighted by Gasteiger charge is 2.36. The summed E-state index contributed by atoms with van der Waals surface area (Å²) in [5.41, 5.74) is 2.01. The molecule has 4 heterocycles. The van der Waals surface area contributed by atoms with Crippen LogP contribution < -0.4 is 26.6 Å². The molecule has 5 aromatic rings. The number of hydrogen-bond donors (Lipinski definition) is 3. The molecule has 1 aliphatic heterocycles. The molecule has 262 valence electrons. The van der Waals surface area contributed by atoms with Crippen LogP contribution in [0.4, 0.5) is 24.7 Å². The molecule has 0 amide bonds. The molecule has 12 nitrogen and oxygen atoms in total. The Labute approximate surface area is 288 Å². The third-order valence-electron chi connectivity index (χ3n) is 8.72. The van der Waals surface area contributed by atoms with Gasteiger partial charge in [-0.25, -0.2) is 19.7 Å². The van der Waals surface area contributed by atoms with Crippen molar-refractivity contribution in [1.82, 2.24) is 29.4 Å². The number of aromatic nitrogens is 5. The van der Waals surface area contributed by atoms with Gasteiger partial charge < -0.3 is 25.2 Å². The van der Waals surface area contributed by atoms with E-state index in [1.807, 2.05) is 24.3 Å². The Morgan fingerprint density at radius 1 is 1.02 bits per heavy atom. The molecule has 0 aliphatic carbocycles. The van der Waals surface area contributed by atoms with Gasteiger partial charge in [-0.2, -0.15) is 13.2 Å². The number of anilines is 2. The second-order valence-electron chi connectivity index (χ2n) is 11.9. The van der Waals surface area contributed by atoms with Crippen LogP contribution in [0.2, 0.25) is 5.02 Å². The summed E-state index contributed by atoms with van der Waals surface area (Å²) in [6.07, 6.45) is -4.89. The predicted octanol–water partition coefficient (Wildman–Crippen LogP) is 4.73. The SMILES string of the molecule is COc1nc(-c2cccc(-c3cccc(Nc4nc(C(F)(F)F)nc5c4c(=O)n(C)c(=O)n5C)c3C)c2Cl)ccc1CNC1CCOCC1O. The van der Waals surface area contributed by atoms with Gasteiger partial charge in [-0.05, 0) is 36.6 Å². The van der Waals surface area contributed by atoms with E-state index in [1.165, 1.54) is 21.2 Å². The van der Waals surface area contributed by atoms with E-state index in [0.29, 0.717) is 64.1 Å². The van der Waals surface area contributed by atoms with Gasteiger partial charge in [-0.1, -0.05) is 48.0 Å². The smallest absolute Gasteiger partial charge is 0.451 e. The molecule has 50 heavy (non-hydrogen) atoms. The van der Waals surface area contributed by atoms with Crippen LogP contribution in [0, 0.1) is 6.92 Å². The lowest BCUT2D eigenvalue weighted by Crippen LogP contribution is -2.46. The van der Waals surface area contributed by atoms with Gasteiger partial charge in [-0.3, -0.25) is 13.9 Å². The number of methoxy groups -OCH3 is 1. The topological polar surface area (TPSA) is 145 Å². The molecule has 0 bridgehead atoms. The minimum absolute atomic E-state index is 0.119. The van der Waals surface area contributed by atoms with Crippen LogP contribution in [0.1, 0.15) is 23.4 Å². The van der Waals surface area contributed by atoms with Crippen molar-refractivity contribution in [3.8, 4) is 28.3 Å². The highest BCUT2D eigenvalue weighted by molar-refractivity contribution is 6.36. The molecule has 0 saturated carbocycles. The zero-order chi connectivity index (χ0) is 35.9. The first-order chi connectivity index (χ1) is 23.8. The molecule has 1 fully saturated rings. The molecule has 2 unspecified atom stereocenters. The fraction of sp³-hybridized carbons (Fsp3) is 0.324. The van der Waals surface area contributed by atoms with E-state index < -0.39 is 40.8 Å². The van der Waals surface area contributed by atoms with Gasteiger partial charge in [-0.15, -0.1) is 0 Å². The maximum atomic E-state index is 13.9. The van der Waals surface area contributed by atoms with Crippen molar-refractivity contribution in [2.75, 3.05) is 25.6 Å². The summed E-state index contributed by atoms with van der Waals surface area (Å²) in [6, 6.07) is 14.1. The number of aryl methyl sites for hydroxylation is 1. The zero-order valence-corrected chi connectivity index (χ0v) is 28.2. The van der Waals surface area contributed by atoms with E-state index in [0.717, 1.165) is 14.7 Å². The highest BCUT2D eigenvalue weighted by atomic mass is 35.5. The zero-order valence-electron chi connectivity index (χ0n) is 27.4. The number of nitrogens with one attached hydrogen (secondary N) is 2. The molecule has 16 heteroatoms. The van der Waals surface area contributed by atoms with Crippen molar-refractivity contribution in [1.29, 1.82) is 0 Å². The standard InChI is InChI=1S/C34H33ClF3N7O5/c1-17-19(7-6-10-22(17)40-28-26-29(43-32(42-28)34(36,37)38)44(2)33(48)45(3)31(26)47)20-8-5-9-21(27(20)35)23-12-11-18(30(41-23)49-4)15-39-24-13-14-50-16-25(24)46/h5-12,24-25,39,46H,13-16H2,1-4H3,(H,40,42,43). The third-order valence-corrected chi connectivity index (χ3v) is 9.13. The van der Waals surface area contributed by atoms with Gasteiger partial charge in [0.1, 0.15) is 11.2 Å². The number of aliphatic hydroxyl groups excluding tert-OH is 1. The Morgan fingerprint density at radius 2 is 1.74 bits per heavy atom. The number of hydrogen-bond acceptors (Lipinski definition) is 10. The summed E-state index contributed by atoms with van der Waals surface area (Å²) in [4.78, 5) is 37.6. The van der Waals surface area contributed by atoms with Crippen molar-refractivity contribution >= 4 is 34.1 Å². The van der Waals surface area contributed by atoms with Crippen LogP contribution >= 0.6 is 11.6 Å². The van der Waals surface area contributed by atoms with E-state index in [-0.39, 0.29) is 18.0 Å². The molecular formula is C34H33ClF3N7O5. The van der Waals surface area contributed by atoms with Crippen LogP contribution in [0.3, 0.4) is 0 Å². The van der Waals surface area contributed by atoms with Gasteiger partial charge in [0.05, 0.1) is 30.5 Å². The number of fused-ring (bicyclic) bond motifs is 1. The second kappa shape index (κ2) is 13.8. The highest BCUT2D eigenvalue weighted by Crippen LogP contribution is 2.40. The van der Waals surface area contributed by atoms with Crippen molar-refractivity contribution in [3.63, 3.8) is 0 Å². The second-order valence-corrected chi connectivity index (χ2v) is 12.2. The Bertz CT molecular complexity index is 2220. The first kappa shape index (κ1) is 35.0. The number of benzene rings is 2. The summed E-state index contributed by atoms with van der Waals surface area (Å²) >= 11 is 7.02. The summed E-state index contributed by atoms with van der Waals surface area (Å²) in [6.45, 7) is 3.01. The maximum absolute atomic E-state index is 13.9. The lowest BCUT2D eigenvalue weighted by atomic mass is 9.96. The quantitative estimate of drug-likeness (QED) is 0.207. The first-order valence-electron chi connectivity index (χ1n) is 15.5. The largest absolute Gasteiger partial charge is 0.481 e. The fourth-order valence-electron chi connectivity index (χ4n) is 5.94. The summed E-state index contributed by atoms with van der Waals surface area (Å²) in [7, 11) is 3.97. The molecule has 0 spiro atoms. The van der Waals surface area contributed by atoms with Crippen LogP contribution in [-0.2, 0) is 31.6 Å². The number of nitrogens with zero attached hydrogens (tertiary/aromatic N) is 5. The average molecular weight is 712 g/mol. The van der Waals surface area contributed by atoms with Crippen LogP contribution in [0.25, 0.3) is 33.4 Å². The predicted molar refractivity (Wildman–Crippen MR) is 182 cm³/mol. The van der Waals surface area contributed by atoms with E-state index in [1.54, 1.807) is 31.2 Å². The molecule has 6 rings (SSSR count). The lowest BCUT2D eigenvalue weighted by Gasteiger charge is -2.28. The van der Waals surface area contributed by atoms with E-state index in [2.05, 4.69) is 20.6 Å². The van der Waals surface area contributed by atoms with Gasteiger partial charge in [0.2, 0.25) is 11.7 Å². The third kappa shape index (κ3) is 6.56. The molecule has 1 saturated heterocycles. The average Bonchev–Trinajstić information content (AvgIpc) is 3.10. The van der Waals surface area contributed by atoms with Crippen molar-refractivity contribution in [2.24, 2.45) is 14.1 Å². The molecule has 2 atom stereocenters. The van der Waals surface area contributed by atoms with E-state index in [4.69, 9.17) is 26.1 Å². The Kier molecular flexibility index (Phi) is 9.68. The molecule has 3 N–H and O–H groups in total. The molecule has 1 aliphatic rings. The van der Waals surface area contributed by atoms with E-state index in [9.17, 15) is 27.9 Å². The van der Waals surface area contributed by atoms with Crippen LogP contribution in [0.15, 0.2) is 58.1 Å². The fourth-order valence-corrected chi connectivity index (χ4v) is 6.26. The Balaban J connectivity index is 1.36. The molecule has 2 aromatic carbocycles. The van der Waals surface area contributed by atoms with Gasteiger partial charge >= 0.3 is 11.9 Å². The lowest BCUT2D eigenvalue weighted by molar-refractivity contribution is -0.144. The Hall–Kier alpha value is -4.83. The number of aliphatic hydroxyl groups is 1. The van der Waals surface area contributed by atoms with Crippen molar-refractivity contribution in [3.05, 3.63) is 91.3 Å². The van der Waals surface area contributed by atoms with Crippen LogP contribution in [0.5, 0.6) is 5.88 Å². The van der Waals surface area contributed by atoms with Crippen LogP contribution in [-0.4, -0.2) is 61.7 Å². The number of pyridine rings is 1. The van der Waals surface area contributed by atoms with Gasteiger partial charge in [0.15, 0.2) is 5.65 Å². The van der Waals surface area contributed by atoms with Crippen molar-refractivity contribution in [2.45, 2.75) is 38.2 Å². The Morgan fingerprint density at radius 3 is 2.46 bits per heavy atom. The molecular weight excluding hydrogens is 679 g/mol. The molecule has 0 radical (unpaired) electrons. The van der Waals surface area contributed by atoms with E-state index >= 15 is 0 Å². The summed E-state index contributed by atoms with van der Waals surface area (Å²) < 4.78 is 54.1. The number of rotatable bonds is 8. The first-order valence-corrected chi connectivity index (χ1v) is 15.9. The monoisotopic (exact) mass is 711 g/mol. The summed E-state index contributed by atoms with van der Waals surface area (Å²) in [5, 5.41) is 16.6. The maximum Gasteiger partial charge on any atom is 0.451 e. The minimum Gasteiger partial charge on any atom is -0.481 e. The van der Waals surface area contributed by atoms with Crippen molar-refractivity contribution < 1.29 is 27.8 Å². The normalized spacial score (nSPS) is 16.5. The number of alkyl halides is 3. The van der Waals surface area contributed by atoms with Gasteiger partial charge in [0, 0.05) is 55.7 Å². The summed E-state index contributed by atoms with van der Waals surface area (Å²) in [5.74, 6) is -1.53. The van der Waals surface area contributed by atoms with Gasteiger partial charge in [0.25, 0.3) is 5.56 Å². The molecule has 3 aromatic heterocycles. The number of halogens is 4. The number of ether oxygens (including phenoxy) is 2.